The van der Waals surface area contributed by atoms with Crippen LogP contribution in [0.5, 0.6) is 0 Å². The second kappa shape index (κ2) is 6.13. The van der Waals surface area contributed by atoms with E-state index in [1.54, 1.807) is 0 Å². The third-order valence-corrected chi connectivity index (χ3v) is 3.26. The maximum absolute atomic E-state index is 13.1. The summed E-state index contributed by atoms with van der Waals surface area (Å²) in [6, 6.07) is 0. The van der Waals surface area contributed by atoms with E-state index in [4.69, 9.17) is 10.5 Å². The van der Waals surface area contributed by atoms with E-state index in [-0.39, 0.29) is 5.41 Å². The lowest BCUT2D eigenvalue weighted by Gasteiger charge is -2.32. The molecule has 0 amide bonds. The van der Waals surface area contributed by atoms with Crippen molar-refractivity contribution in [2.45, 2.75) is 45.6 Å². The average molecular weight is 278 g/mol. The van der Waals surface area contributed by atoms with Crippen molar-refractivity contribution in [3.8, 4) is 0 Å². The van der Waals surface area contributed by atoms with Gasteiger partial charge in [0.05, 0.1) is 6.42 Å². The van der Waals surface area contributed by atoms with Gasteiger partial charge < -0.3 is 10.5 Å². The zero-order chi connectivity index (χ0) is 14.7. The fraction of sp³-hybridized carbons (Fsp3) is 0.923. The van der Waals surface area contributed by atoms with Gasteiger partial charge in [0.2, 0.25) is 0 Å². The smallest absolute Gasteiger partial charge is 0.377 e. The highest BCUT2D eigenvalue weighted by Gasteiger charge is 2.51. The Balaban J connectivity index is 2.58. The molecule has 1 heterocycles. The van der Waals surface area contributed by atoms with Gasteiger partial charge in [0.1, 0.15) is 6.10 Å². The third-order valence-electron chi connectivity index (χ3n) is 3.26. The molecule has 1 unspecified atom stereocenters. The van der Waals surface area contributed by atoms with Gasteiger partial charge in [-0.3, -0.25) is 4.90 Å². The molecule has 0 radical (unpaired) electrons. The van der Waals surface area contributed by atoms with Gasteiger partial charge in [0.15, 0.2) is 0 Å². The zero-order valence-corrected chi connectivity index (χ0v) is 11.9. The van der Waals surface area contributed by atoms with E-state index in [9.17, 15) is 13.6 Å². The normalized spacial score (nSPS) is 22.9. The van der Waals surface area contributed by atoms with E-state index in [2.05, 4.69) is 0 Å². The van der Waals surface area contributed by atoms with Gasteiger partial charge in [-0.2, -0.15) is 8.78 Å². The fourth-order valence-corrected chi connectivity index (χ4v) is 2.26. The average Bonchev–Trinajstić information content (AvgIpc) is 2.52. The number of alkyl halides is 2. The van der Waals surface area contributed by atoms with Crippen LogP contribution in [0.3, 0.4) is 0 Å². The molecule has 1 rings (SSSR count). The minimum atomic E-state index is -3.33. The van der Waals surface area contributed by atoms with Gasteiger partial charge in [-0.15, -0.1) is 0 Å². The molecule has 112 valence electrons. The van der Waals surface area contributed by atoms with Crippen molar-refractivity contribution in [2.75, 3.05) is 26.2 Å². The second-order valence-corrected chi connectivity index (χ2v) is 6.04. The quantitative estimate of drug-likeness (QED) is 0.719. The molecule has 19 heavy (non-hydrogen) atoms. The van der Waals surface area contributed by atoms with Gasteiger partial charge in [-0.05, 0) is 24.9 Å². The minimum Gasteiger partial charge on any atom is -0.456 e. The SMILES string of the molecule is CCCN(CC1CC(F)(F)C(=O)O1)CC(C)(C)CN. The van der Waals surface area contributed by atoms with Crippen LogP contribution >= 0.6 is 0 Å². The Bertz CT molecular complexity index is 322. The first-order chi connectivity index (χ1) is 8.70. The monoisotopic (exact) mass is 278 g/mol. The Labute approximate surface area is 113 Å². The molecular weight excluding hydrogens is 254 g/mol. The summed E-state index contributed by atoms with van der Waals surface area (Å²) in [5.41, 5.74) is 5.61. The zero-order valence-electron chi connectivity index (χ0n) is 11.9. The molecule has 0 bridgehead atoms. The van der Waals surface area contributed by atoms with E-state index in [0.29, 0.717) is 19.6 Å². The lowest BCUT2D eigenvalue weighted by molar-refractivity contribution is -0.159. The molecule has 1 aliphatic heterocycles. The molecule has 1 saturated heterocycles. The van der Waals surface area contributed by atoms with Crippen LogP contribution in [0.4, 0.5) is 8.78 Å². The summed E-state index contributed by atoms with van der Waals surface area (Å²) in [7, 11) is 0. The van der Waals surface area contributed by atoms with E-state index in [1.807, 2.05) is 25.7 Å². The number of ether oxygens (including phenoxy) is 1. The molecule has 6 heteroatoms. The lowest BCUT2D eigenvalue weighted by Crippen LogP contribution is -2.42. The summed E-state index contributed by atoms with van der Waals surface area (Å²) in [5, 5.41) is 0. The van der Waals surface area contributed by atoms with E-state index in [1.165, 1.54) is 0 Å². The Hall–Kier alpha value is -0.750. The number of carbonyl (C=O) groups excluding carboxylic acids is 1. The highest BCUT2D eigenvalue weighted by molar-refractivity contribution is 5.79. The Morgan fingerprint density at radius 1 is 1.53 bits per heavy atom. The molecule has 1 aliphatic rings. The van der Waals surface area contributed by atoms with Crippen LogP contribution in [0.1, 0.15) is 33.6 Å². The number of halogens is 2. The first-order valence-electron chi connectivity index (χ1n) is 6.71. The Kier molecular flexibility index (Phi) is 5.26. The largest absolute Gasteiger partial charge is 0.456 e. The summed E-state index contributed by atoms with van der Waals surface area (Å²) in [6.45, 7) is 8.44. The molecule has 4 nitrogen and oxygen atoms in total. The van der Waals surface area contributed by atoms with Crippen LogP contribution in [0, 0.1) is 5.41 Å². The lowest BCUT2D eigenvalue weighted by atomic mass is 9.93. The van der Waals surface area contributed by atoms with Crippen LogP contribution < -0.4 is 5.73 Å². The summed E-state index contributed by atoms with van der Waals surface area (Å²) in [5.74, 6) is -4.72. The van der Waals surface area contributed by atoms with Gasteiger partial charge in [-0.25, -0.2) is 4.79 Å². The van der Waals surface area contributed by atoms with Crippen LogP contribution in [-0.4, -0.2) is 49.1 Å². The van der Waals surface area contributed by atoms with Crippen molar-refractivity contribution in [3.05, 3.63) is 0 Å². The highest BCUT2D eigenvalue weighted by Crippen LogP contribution is 2.31. The number of esters is 1. The molecular formula is C13H24F2N2O2. The number of nitrogens with zero attached hydrogens (tertiary/aromatic N) is 1. The number of hydrogen-bond acceptors (Lipinski definition) is 4. The number of cyclic esters (lactones) is 1. The van der Waals surface area contributed by atoms with Gasteiger partial charge in [0, 0.05) is 13.1 Å². The maximum atomic E-state index is 13.1. The van der Waals surface area contributed by atoms with Crippen molar-refractivity contribution in [3.63, 3.8) is 0 Å². The fourth-order valence-electron chi connectivity index (χ4n) is 2.26. The summed E-state index contributed by atoms with van der Waals surface area (Å²) >= 11 is 0. The van der Waals surface area contributed by atoms with Crippen molar-refractivity contribution in [1.82, 2.24) is 4.90 Å². The Morgan fingerprint density at radius 2 is 2.16 bits per heavy atom. The van der Waals surface area contributed by atoms with E-state index >= 15 is 0 Å². The molecule has 0 aromatic rings. The third kappa shape index (κ3) is 4.69. The number of carbonyl (C=O) groups is 1. The van der Waals surface area contributed by atoms with Crippen molar-refractivity contribution in [2.24, 2.45) is 11.1 Å². The van der Waals surface area contributed by atoms with Crippen LogP contribution in [-0.2, 0) is 9.53 Å². The van der Waals surface area contributed by atoms with Crippen LogP contribution in [0.2, 0.25) is 0 Å². The first kappa shape index (κ1) is 16.3. The summed E-state index contributed by atoms with van der Waals surface area (Å²) in [6.07, 6.45) is -0.324. The predicted molar refractivity (Wildman–Crippen MR) is 69.0 cm³/mol. The maximum Gasteiger partial charge on any atom is 0.377 e. The van der Waals surface area contributed by atoms with E-state index < -0.39 is 24.4 Å². The van der Waals surface area contributed by atoms with Crippen molar-refractivity contribution < 1.29 is 18.3 Å². The number of hydrogen-bond donors (Lipinski definition) is 1. The summed E-state index contributed by atoms with van der Waals surface area (Å²) < 4.78 is 31.0. The molecule has 2 N–H and O–H groups in total. The van der Waals surface area contributed by atoms with Gasteiger partial charge in [0.25, 0.3) is 0 Å². The molecule has 1 fully saturated rings. The van der Waals surface area contributed by atoms with Crippen molar-refractivity contribution in [1.29, 1.82) is 0 Å². The first-order valence-corrected chi connectivity index (χ1v) is 6.71. The molecule has 0 aromatic carbocycles. The molecule has 0 saturated carbocycles. The number of nitrogens with two attached hydrogens (primary N) is 1. The predicted octanol–water partition coefficient (Wildman–Crippen LogP) is 1.63. The topological polar surface area (TPSA) is 55.6 Å². The minimum absolute atomic E-state index is 0.0830. The highest BCUT2D eigenvalue weighted by atomic mass is 19.3. The van der Waals surface area contributed by atoms with Crippen molar-refractivity contribution >= 4 is 5.97 Å². The molecule has 0 aliphatic carbocycles. The second-order valence-electron chi connectivity index (χ2n) is 6.04. The standard InChI is InChI=1S/C13H24F2N2O2/c1-4-5-17(9-12(2,3)8-16)7-10-6-13(14,15)11(18)19-10/h10H,4-9,16H2,1-3H3. The summed E-state index contributed by atoms with van der Waals surface area (Å²) in [4.78, 5) is 13.0. The molecule has 0 aromatic heterocycles. The van der Waals surface area contributed by atoms with Crippen LogP contribution in [0.15, 0.2) is 0 Å². The Morgan fingerprint density at radius 3 is 2.58 bits per heavy atom. The van der Waals surface area contributed by atoms with Crippen LogP contribution in [0.25, 0.3) is 0 Å². The van der Waals surface area contributed by atoms with Gasteiger partial charge in [-0.1, -0.05) is 20.8 Å². The molecule has 1 atom stereocenters. The van der Waals surface area contributed by atoms with E-state index in [0.717, 1.165) is 13.0 Å². The van der Waals surface area contributed by atoms with Gasteiger partial charge >= 0.3 is 11.9 Å². The molecule has 0 spiro atoms. The number of rotatable bonds is 7.